The van der Waals surface area contributed by atoms with Crippen molar-refractivity contribution in [2.24, 2.45) is 0 Å². The van der Waals surface area contributed by atoms with Crippen molar-refractivity contribution in [1.29, 1.82) is 0 Å². The number of hydrogen-bond donors (Lipinski definition) is 2. The highest BCUT2D eigenvalue weighted by Crippen LogP contribution is 2.23. The Kier molecular flexibility index (Phi) is 3.60. The summed E-state index contributed by atoms with van der Waals surface area (Å²) in [6.45, 7) is 1.39. The summed E-state index contributed by atoms with van der Waals surface area (Å²) in [5, 5.41) is 21.8. The molecule has 2 N–H and O–H groups in total. The van der Waals surface area contributed by atoms with Gasteiger partial charge in [0.25, 0.3) is 5.69 Å². The van der Waals surface area contributed by atoms with Gasteiger partial charge in [-0.15, -0.1) is 0 Å². The van der Waals surface area contributed by atoms with E-state index >= 15 is 0 Å². The maximum Gasteiger partial charge on any atom is 0.332 e. The van der Waals surface area contributed by atoms with Crippen LogP contribution in [0.15, 0.2) is 36.0 Å². The van der Waals surface area contributed by atoms with Gasteiger partial charge in [0, 0.05) is 17.8 Å². The lowest BCUT2D eigenvalue weighted by Crippen LogP contribution is -2.01. The lowest BCUT2D eigenvalue weighted by atomic mass is 10.2. The predicted molar refractivity (Wildman–Crippen MR) is 58.1 cm³/mol. The molecule has 0 unspecified atom stereocenters. The minimum atomic E-state index is -1.08. The van der Waals surface area contributed by atoms with Crippen LogP contribution in [0.4, 0.5) is 11.4 Å². The quantitative estimate of drug-likeness (QED) is 0.461. The first-order chi connectivity index (χ1) is 7.52. The molecule has 84 valence electrons. The van der Waals surface area contributed by atoms with E-state index in [1.54, 1.807) is 6.07 Å². The Morgan fingerprint density at radius 1 is 1.50 bits per heavy atom. The number of nitrogens with one attached hydrogen (secondary N) is 1. The van der Waals surface area contributed by atoms with E-state index in [4.69, 9.17) is 5.11 Å². The van der Waals surface area contributed by atoms with E-state index in [1.165, 1.54) is 31.3 Å². The highest BCUT2D eigenvalue weighted by atomic mass is 16.6. The third kappa shape index (κ3) is 2.81. The second-order valence-electron chi connectivity index (χ2n) is 3.05. The van der Waals surface area contributed by atoms with Crippen LogP contribution in [0.1, 0.15) is 6.92 Å². The van der Waals surface area contributed by atoms with Crippen LogP contribution in [0.3, 0.4) is 0 Å². The first-order valence-electron chi connectivity index (χ1n) is 4.42. The Balaban J connectivity index is 2.94. The fourth-order valence-electron chi connectivity index (χ4n) is 1.00. The molecule has 0 saturated carbocycles. The predicted octanol–water partition coefficient (Wildman–Crippen LogP) is 2.00. The Hall–Kier alpha value is -2.37. The normalized spacial score (nSPS) is 10.9. The summed E-state index contributed by atoms with van der Waals surface area (Å²) in [6, 6.07) is 6.01. The molecular weight excluding hydrogens is 212 g/mol. The highest BCUT2D eigenvalue weighted by Gasteiger charge is 2.11. The van der Waals surface area contributed by atoms with Crippen LogP contribution in [0.2, 0.25) is 0 Å². The van der Waals surface area contributed by atoms with Gasteiger partial charge in [-0.25, -0.2) is 4.79 Å². The van der Waals surface area contributed by atoms with Gasteiger partial charge in [0.15, 0.2) is 0 Å². The molecular formula is C10H10N2O4. The van der Waals surface area contributed by atoms with E-state index < -0.39 is 10.9 Å². The molecule has 1 aromatic rings. The fraction of sp³-hybridized carbons (Fsp3) is 0.100. The molecule has 1 aromatic carbocycles. The number of nitro benzene ring substituents is 1. The van der Waals surface area contributed by atoms with Crippen molar-refractivity contribution in [2.75, 3.05) is 5.32 Å². The Morgan fingerprint density at radius 3 is 2.69 bits per heavy atom. The van der Waals surface area contributed by atoms with Gasteiger partial charge >= 0.3 is 5.97 Å². The summed E-state index contributed by atoms with van der Waals surface area (Å²) in [6.07, 6.45) is 1.21. The molecule has 0 aliphatic heterocycles. The van der Waals surface area contributed by atoms with Gasteiger partial charge in [-0.05, 0) is 13.0 Å². The second kappa shape index (κ2) is 4.92. The average Bonchev–Trinajstić information content (AvgIpc) is 2.25. The van der Waals surface area contributed by atoms with Crippen molar-refractivity contribution in [3.05, 3.63) is 46.2 Å². The number of aliphatic carboxylic acids is 1. The van der Waals surface area contributed by atoms with Crippen LogP contribution in [0.25, 0.3) is 0 Å². The monoisotopic (exact) mass is 222 g/mol. The van der Waals surface area contributed by atoms with Gasteiger partial charge in [-0.2, -0.15) is 0 Å². The largest absolute Gasteiger partial charge is 0.478 e. The average molecular weight is 222 g/mol. The molecule has 0 atom stereocenters. The van der Waals surface area contributed by atoms with Crippen molar-refractivity contribution >= 4 is 17.3 Å². The molecule has 0 saturated heterocycles. The molecule has 0 aliphatic rings. The second-order valence-corrected chi connectivity index (χ2v) is 3.05. The zero-order valence-corrected chi connectivity index (χ0v) is 8.51. The van der Waals surface area contributed by atoms with E-state index in [0.717, 1.165) is 0 Å². The minimum Gasteiger partial charge on any atom is -0.478 e. The molecule has 0 amide bonds. The summed E-state index contributed by atoms with van der Waals surface area (Å²) < 4.78 is 0. The number of carboxylic acids is 1. The van der Waals surface area contributed by atoms with Crippen LogP contribution in [0.5, 0.6) is 0 Å². The molecule has 0 radical (unpaired) electrons. The molecule has 16 heavy (non-hydrogen) atoms. The standard InChI is InChI=1S/C10H10N2O4/c1-7(10(13)14)6-11-8-4-2-3-5-9(8)12(15)16/h2-6,11H,1H3,(H,13,14). The van der Waals surface area contributed by atoms with Crippen molar-refractivity contribution in [1.82, 2.24) is 0 Å². The Bertz CT molecular complexity index is 454. The smallest absolute Gasteiger partial charge is 0.332 e. The summed E-state index contributed by atoms with van der Waals surface area (Å²) in [5.41, 5.74) is 0.225. The molecule has 6 nitrogen and oxygen atoms in total. The molecule has 0 aliphatic carbocycles. The molecule has 1 rings (SSSR count). The topological polar surface area (TPSA) is 92.5 Å². The number of anilines is 1. The van der Waals surface area contributed by atoms with Crippen molar-refractivity contribution in [3.63, 3.8) is 0 Å². The van der Waals surface area contributed by atoms with Gasteiger partial charge < -0.3 is 10.4 Å². The molecule has 6 heteroatoms. The third-order valence-corrected chi connectivity index (χ3v) is 1.88. The van der Waals surface area contributed by atoms with Gasteiger partial charge in [0.2, 0.25) is 0 Å². The van der Waals surface area contributed by atoms with E-state index in [0.29, 0.717) is 0 Å². The molecule has 0 heterocycles. The third-order valence-electron chi connectivity index (χ3n) is 1.88. The molecule has 0 aromatic heterocycles. The van der Waals surface area contributed by atoms with Gasteiger partial charge in [0.1, 0.15) is 5.69 Å². The van der Waals surface area contributed by atoms with Gasteiger partial charge in [-0.1, -0.05) is 12.1 Å². The Morgan fingerprint density at radius 2 is 2.12 bits per heavy atom. The van der Waals surface area contributed by atoms with Crippen LogP contribution in [-0.4, -0.2) is 16.0 Å². The number of hydrogen-bond acceptors (Lipinski definition) is 4. The highest BCUT2D eigenvalue weighted by molar-refractivity contribution is 5.86. The zero-order chi connectivity index (χ0) is 12.1. The maximum absolute atomic E-state index is 10.6. The van der Waals surface area contributed by atoms with Crippen LogP contribution < -0.4 is 5.32 Å². The lowest BCUT2D eigenvalue weighted by Gasteiger charge is -2.02. The number of para-hydroxylation sites is 2. The summed E-state index contributed by atoms with van der Waals surface area (Å²) in [4.78, 5) is 20.6. The number of nitro groups is 1. The first kappa shape index (κ1) is 11.7. The van der Waals surface area contributed by atoms with E-state index in [2.05, 4.69) is 5.32 Å². The molecule has 0 bridgehead atoms. The van der Waals surface area contributed by atoms with Gasteiger partial charge in [0.05, 0.1) is 4.92 Å². The first-order valence-corrected chi connectivity index (χ1v) is 4.42. The van der Waals surface area contributed by atoms with Crippen LogP contribution >= 0.6 is 0 Å². The number of carboxylic acid groups (broad SMARTS) is 1. The van der Waals surface area contributed by atoms with Crippen LogP contribution in [0, 0.1) is 10.1 Å². The molecule has 0 fully saturated rings. The summed E-state index contributed by atoms with van der Waals surface area (Å²) in [5.74, 6) is -1.08. The number of rotatable bonds is 4. The maximum atomic E-state index is 10.6. The SMILES string of the molecule is CC(=CNc1ccccc1[N+](=O)[O-])C(=O)O. The Labute approximate surface area is 91.4 Å². The van der Waals surface area contributed by atoms with Crippen molar-refractivity contribution in [3.8, 4) is 0 Å². The van der Waals surface area contributed by atoms with Crippen molar-refractivity contribution < 1.29 is 14.8 Å². The fourth-order valence-corrected chi connectivity index (χ4v) is 1.00. The van der Waals surface area contributed by atoms with E-state index in [1.807, 2.05) is 0 Å². The number of carbonyl (C=O) groups is 1. The summed E-state index contributed by atoms with van der Waals surface area (Å²) >= 11 is 0. The lowest BCUT2D eigenvalue weighted by molar-refractivity contribution is -0.383. The number of benzene rings is 1. The van der Waals surface area contributed by atoms with E-state index in [-0.39, 0.29) is 16.9 Å². The number of nitrogens with zero attached hydrogens (tertiary/aromatic N) is 1. The van der Waals surface area contributed by atoms with Gasteiger partial charge in [-0.3, -0.25) is 10.1 Å². The zero-order valence-electron chi connectivity index (χ0n) is 8.51. The minimum absolute atomic E-state index is 0.0677. The van der Waals surface area contributed by atoms with Crippen LogP contribution in [-0.2, 0) is 4.79 Å². The summed E-state index contributed by atoms with van der Waals surface area (Å²) in [7, 11) is 0. The van der Waals surface area contributed by atoms with E-state index in [9.17, 15) is 14.9 Å². The van der Waals surface area contributed by atoms with Crippen molar-refractivity contribution in [2.45, 2.75) is 6.92 Å². The molecule has 0 spiro atoms.